The highest BCUT2D eigenvalue weighted by Gasteiger charge is 2.36. The van der Waals surface area contributed by atoms with E-state index < -0.39 is 6.04 Å². The van der Waals surface area contributed by atoms with Gasteiger partial charge in [0.2, 0.25) is 11.1 Å². The van der Waals surface area contributed by atoms with Crippen LogP contribution in [0.15, 0.2) is 87.6 Å². The van der Waals surface area contributed by atoms with E-state index in [1.165, 1.54) is 0 Å². The van der Waals surface area contributed by atoms with Crippen LogP contribution in [0.1, 0.15) is 55.0 Å². The van der Waals surface area contributed by atoms with Crippen LogP contribution in [0.3, 0.4) is 0 Å². The average molecular weight is 633 g/mol. The van der Waals surface area contributed by atoms with Gasteiger partial charge in [0.25, 0.3) is 5.91 Å². The zero-order valence-electron chi connectivity index (χ0n) is 23.7. The smallest absolute Gasteiger partial charge is 0.255 e. The van der Waals surface area contributed by atoms with Gasteiger partial charge in [-0.3, -0.25) is 4.79 Å². The van der Waals surface area contributed by atoms with E-state index in [-0.39, 0.29) is 5.91 Å². The van der Waals surface area contributed by atoms with E-state index in [4.69, 9.17) is 14.8 Å². The van der Waals surface area contributed by atoms with Gasteiger partial charge in [-0.1, -0.05) is 77.4 Å². The Morgan fingerprint density at radius 1 is 1.10 bits per heavy atom. The van der Waals surface area contributed by atoms with E-state index >= 15 is 0 Å². The van der Waals surface area contributed by atoms with Gasteiger partial charge in [0.1, 0.15) is 18.4 Å². The van der Waals surface area contributed by atoms with Crippen LogP contribution in [0.25, 0.3) is 0 Å². The first-order valence-corrected chi connectivity index (χ1v) is 15.5. The summed E-state index contributed by atoms with van der Waals surface area (Å²) in [6.07, 6.45) is 2.18. The third kappa shape index (κ3) is 6.68. The van der Waals surface area contributed by atoms with E-state index in [2.05, 4.69) is 52.5 Å². The number of nitrogens with zero attached hydrogens (tertiary/aromatic N) is 3. The summed E-state index contributed by atoms with van der Waals surface area (Å²) in [4.78, 5) is 18.8. The number of thioether (sulfide) groups is 1. The first-order valence-electron chi connectivity index (χ1n) is 13.8. The molecule has 1 aliphatic rings. The molecule has 1 aliphatic heterocycles. The van der Waals surface area contributed by atoms with Crippen molar-refractivity contribution >= 4 is 45.2 Å². The number of amides is 1. The molecule has 1 atom stereocenters. The molecule has 212 valence electrons. The number of carbonyl (C=O) groups excluding carboxylic acids is 1. The number of carbonyl (C=O) groups is 1. The highest BCUT2D eigenvalue weighted by molar-refractivity contribution is 9.10. The molecule has 4 aromatic rings. The van der Waals surface area contributed by atoms with Gasteiger partial charge in [0.05, 0.1) is 5.57 Å². The Bertz CT molecular complexity index is 1600. The van der Waals surface area contributed by atoms with Gasteiger partial charge in [-0.2, -0.15) is 4.98 Å². The molecule has 41 heavy (non-hydrogen) atoms. The number of fused-ring (bicyclic) bond motifs is 1. The molecule has 2 N–H and O–H groups in total. The van der Waals surface area contributed by atoms with Crippen LogP contribution in [-0.2, 0) is 11.4 Å². The molecular formula is C32H34BrN5O2S. The van der Waals surface area contributed by atoms with Gasteiger partial charge in [0.15, 0.2) is 0 Å². The minimum absolute atomic E-state index is 0.211. The van der Waals surface area contributed by atoms with Gasteiger partial charge in [-0.25, -0.2) is 4.68 Å². The normalized spacial score (nSPS) is 14.4. The second kappa shape index (κ2) is 13.0. The lowest BCUT2D eigenvalue weighted by Crippen LogP contribution is -2.31. The molecule has 5 rings (SSSR count). The molecule has 0 saturated carbocycles. The summed E-state index contributed by atoms with van der Waals surface area (Å²) in [5, 5.41) is 12.0. The lowest BCUT2D eigenvalue weighted by Gasteiger charge is -2.30. The Morgan fingerprint density at radius 3 is 2.71 bits per heavy atom. The van der Waals surface area contributed by atoms with E-state index in [1.807, 2.05) is 73.1 Å². The number of unbranched alkanes of at least 4 members (excludes halogenated alkanes) is 1. The van der Waals surface area contributed by atoms with E-state index in [0.29, 0.717) is 29.0 Å². The lowest BCUT2D eigenvalue weighted by atomic mass is 9.94. The summed E-state index contributed by atoms with van der Waals surface area (Å²) in [5.74, 6) is 2.00. The van der Waals surface area contributed by atoms with E-state index in [9.17, 15) is 4.79 Å². The molecule has 9 heteroatoms. The molecule has 0 saturated heterocycles. The molecule has 0 bridgehead atoms. The molecule has 0 fully saturated rings. The zero-order valence-corrected chi connectivity index (χ0v) is 26.1. The number of ether oxygens (including phenoxy) is 1. The fourth-order valence-electron chi connectivity index (χ4n) is 4.80. The maximum Gasteiger partial charge on any atom is 0.255 e. The number of rotatable bonds is 10. The Labute approximate surface area is 253 Å². The number of nitrogens with one attached hydrogen (secondary N) is 2. The van der Waals surface area contributed by atoms with Crippen LogP contribution >= 0.6 is 27.7 Å². The highest BCUT2D eigenvalue weighted by atomic mass is 79.9. The number of aryl methyl sites for hydroxylation is 2. The first-order chi connectivity index (χ1) is 19.8. The molecule has 0 spiro atoms. The number of hydrogen-bond acceptors (Lipinski definition) is 6. The number of anilines is 2. The third-order valence-corrected chi connectivity index (χ3v) is 8.41. The van der Waals surface area contributed by atoms with E-state index in [0.717, 1.165) is 56.7 Å². The number of hydrogen-bond donors (Lipinski definition) is 2. The van der Waals surface area contributed by atoms with Crippen LogP contribution in [0.5, 0.6) is 5.75 Å². The van der Waals surface area contributed by atoms with Crippen molar-refractivity contribution in [3.63, 3.8) is 0 Å². The minimum Gasteiger partial charge on any atom is -0.489 e. The number of aromatic nitrogens is 3. The van der Waals surface area contributed by atoms with Gasteiger partial charge in [0, 0.05) is 27.2 Å². The van der Waals surface area contributed by atoms with Gasteiger partial charge >= 0.3 is 0 Å². The van der Waals surface area contributed by atoms with Crippen molar-refractivity contribution in [2.24, 2.45) is 0 Å². The highest BCUT2D eigenvalue weighted by Crippen LogP contribution is 2.41. The van der Waals surface area contributed by atoms with E-state index in [1.54, 1.807) is 11.8 Å². The summed E-state index contributed by atoms with van der Waals surface area (Å²) in [6.45, 7) is 8.56. The second-order valence-electron chi connectivity index (χ2n) is 10.2. The second-order valence-corrected chi connectivity index (χ2v) is 12.1. The molecule has 0 radical (unpaired) electrons. The summed E-state index contributed by atoms with van der Waals surface area (Å²) in [6, 6.07) is 21.3. The van der Waals surface area contributed by atoms with Gasteiger partial charge in [-0.15, -0.1) is 5.10 Å². The zero-order chi connectivity index (χ0) is 28.9. The topological polar surface area (TPSA) is 81.1 Å². The molecule has 0 aliphatic carbocycles. The molecule has 1 unspecified atom stereocenters. The third-order valence-electron chi connectivity index (χ3n) is 6.99. The van der Waals surface area contributed by atoms with Crippen molar-refractivity contribution in [3.8, 4) is 5.75 Å². The van der Waals surface area contributed by atoms with Crippen LogP contribution < -0.4 is 15.4 Å². The Morgan fingerprint density at radius 2 is 1.93 bits per heavy atom. The van der Waals surface area contributed by atoms with Crippen molar-refractivity contribution in [2.45, 2.75) is 58.3 Å². The predicted octanol–water partition coefficient (Wildman–Crippen LogP) is 8.06. The minimum atomic E-state index is -0.562. The standard InChI is InChI=1S/C32H34BrN5O2S/c1-5-6-16-41-32-36-31-34-22(4)28(30(39)35-25-13-9-10-20(2)17-25)29(38(31)37-32)26-18-24(33)14-15-27(26)40-19-23-12-8-7-11-21(23)3/h7-15,17-18,29H,5-6,16,19H2,1-4H3,(H,35,39)(H,34,36,37). The largest absolute Gasteiger partial charge is 0.489 e. The Kier molecular flexibility index (Phi) is 9.15. The lowest BCUT2D eigenvalue weighted by molar-refractivity contribution is -0.113. The predicted molar refractivity (Wildman–Crippen MR) is 170 cm³/mol. The average Bonchev–Trinajstić information content (AvgIpc) is 3.34. The van der Waals surface area contributed by atoms with Gasteiger partial charge in [-0.05, 0) is 74.2 Å². The number of benzene rings is 3. The van der Waals surface area contributed by atoms with Crippen LogP contribution in [-0.4, -0.2) is 26.4 Å². The molecule has 3 aromatic carbocycles. The fraction of sp³-hybridized carbons (Fsp3) is 0.281. The van der Waals surface area contributed by atoms with Crippen molar-refractivity contribution in [1.82, 2.24) is 14.8 Å². The monoisotopic (exact) mass is 631 g/mol. The van der Waals surface area contributed by atoms with Crippen molar-refractivity contribution in [2.75, 3.05) is 16.4 Å². The van der Waals surface area contributed by atoms with Crippen molar-refractivity contribution in [1.29, 1.82) is 0 Å². The fourth-order valence-corrected chi connectivity index (χ4v) is 6.09. The van der Waals surface area contributed by atoms with Crippen molar-refractivity contribution < 1.29 is 9.53 Å². The SMILES string of the molecule is CCCCSc1nc2n(n1)C(c1cc(Br)ccc1OCc1ccccc1C)C(C(=O)Nc1cccc(C)c1)=C(C)N2. The summed E-state index contributed by atoms with van der Waals surface area (Å²) in [5.41, 5.74) is 6.15. The molecule has 2 heterocycles. The van der Waals surface area contributed by atoms with Crippen LogP contribution in [0.4, 0.5) is 11.6 Å². The Hall–Kier alpha value is -3.56. The summed E-state index contributed by atoms with van der Waals surface area (Å²) < 4.78 is 9.14. The Balaban J connectivity index is 1.57. The molecule has 7 nitrogen and oxygen atoms in total. The number of allylic oxidation sites excluding steroid dienone is 1. The van der Waals surface area contributed by atoms with Gasteiger partial charge < -0.3 is 15.4 Å². The summed E-state index contributed by atoms with van der Waals surface area (Å²) in [7, 11) is 0. The molecule has 1 amide bonds. The molecule has 1 aromatic heterocycles. The van der Waals surface area contributed by atoms with Crippen LogP contribution in [0, 0.1) is 13.8 Å². The first kappa shape index (κ1) is 29.0. The quantitative estimate of drug-likeness (QED) is 0.136. The molecular weight excluding hydrogens is 598 g/mol. The number of halogens is 1. The van der Waals surface area contributed by atoms with Crippen LogP contribution in [0.2, 0.25) is 0 Å². The maximum absolute atomic E-state index is 14.0. The maximum atomic E-state index is 14.0. The summed E-state index contributed by atoms with van der Waals surface area (Å²) >= 11 is 5.28. The van der Waals surface area contributed by atoms with Crippen molar-refractivity contribution in [3.05, 3.63) is 105 Å².